The van der Waals surface area contributed by atoms with Crippen molar-refractivity contribution in [2.24, 2.45) is 17.8 Å². The summed E-state index contributed by atoms with van der Waals surface area (Å²) in [5.41, 5.74) is 0.636. The lowest BCUT2D eigenvalue weighted by molar-refractivity contribution is -0.165. The standard InChI is InChI=1S/C25H35NO7S/c1-18(2)22-10-4-19(3)16-23(22)33-25(28)17-32-24(27)11-7-20-5-8-21(9-6-20)34(29,30)26-12-14-31-15-13-26/h5-9,11,18-19,22-23H,4,10,12-17H2,1-3H3/b11-7+. The molecular weight excluding hydrogens is 458 g/mol. The Labute approximate surface area is 202 Å². The second kappa shape index (κ2) is 12.0. The molecule has 0 radical (unpaired) electrons. The van der Waals surface area contributed by atoms with E-state index in [1.54, 1.807) is 12.1 Å². The third-order valence-electron chi connectivity index (χ3n) is 6.48. The third kappa shape index (κ3) is 7.13. The maximum atomic E-state index is 12.7. The molecule has 2 fully saturated rings. The highest BCUT2D eigenvalue weighted by Crippen LogP contribution is 2.35. The number of nitrogens with zero attached hydrogens (tertiary/aromatic N) is 1. The van der Waals surface area contributed by atoms with Crippen molar-refractivity contribution in [1.29, 1.82) is 0 Å². The van der Waals surface area contributed by atoms with Gasteiger partial charge in [-0.1, -0.05) is 39.3 Å². The fourth-order valence-electron chi connectivity index (χ4n) is 4.48. The molecule has 2 aliphatic rings. The predicted molar refractivity (Wildman–Crippen MR) is 127 cm³/mol. The fourth-order valence-corrected chi connectivity index (χ4v) is 5.89. The van der Waals surface area contributed by atoms with Crippen molar-refractivity contribution in [2.45, 2.75) is 51.0 Å². The smallest absolute Gasteiger partial charge is 0.344 e. The molecule has 1 aromatic carbocycles. The van der Waals surface area contributed by atoms with E-state index in [9.17, 15) is 18.0 Å². The van der Waals surface area contributed by atoms with Crippen LogP contribution >= 0.6 is 0 Å². The molecule has 3 unspecified atom stereocenters. The molecule has 1 saturated carbocycles. The van der Waals surface area contributed by atoms with Crippen molar-refractivity contribution in [3.63, 3.8) is 0 Å². The highest BCUT2D eigenvalue weighted by molar-refractivity contribution is 7.89. The normalized spacial score (nSPS) is 24.3. The van der Waals surface area contributed by atoms with E-state index in [2.05, 4.69) is 20.8 Å². The molecule has 0 amide bonds. The van der Waals surface area contributed by atoms with Crippen LogP contribution in [0.3, 0.4) is 0 Å². The molecule has 1 aromatic rings. The van der Waals surface area contributed by atoms with Gasteiger partial charge in [0, 0.05) is 19.2 Å². The molecule has 0 aromatic heterocycles. The maximum Gasteiger partial charge on any atom is 0.344 e. The van der Waals surface area contributed by atoms with Crippen molar-refractivity contribution >= 4 is 28.0 Å². The zero-order chi connectivity index (χ0) is 24.7. The summed E-state index contributed by atoms with van der Waals surface area (Å²) in [6.45, 7) is 7.42. The predicted octanol–water partition coefficient (Wildman–Crippen LogP) is 3.27. The third-order valence-corrected chi connectivity index (χ3v) is 8.39. The van der Waals surface area contributed by atoms with Gasteiger partial charge in [0.05, 0.1) is 18.1 Å². The van der Waals surface area contributed by atoms with Gasteiger partial charge in [-0.15, -0.1) is 0 Å². The molecule has 1 saturated heterocycles. The number of hydrogen-bond acceptors (Lipinski definition) is 7. The highest BCUT2D eigenvalue weighted by Gasteiger charge is 2.33. The average molecular weight is 494 g/mol. The number of carbonyl (C=O) groups is 2. The van der Waals surface area contributed by atoms with Gasteiger partial charge in [0.1, 0.15) is 6.10 Å². The summed E-state index contributed by atoms with van der Waals surface area (Å²) >= 11 is 0. The first-order valence-corrected chi connectivity index (χ1v) is 13.3. The Hall–Kier alpha value is -2.23. The number of rotatable bonds is 8. The Morgan fingerprint density at radius 2 is 1.82 bits per heavy atom. The molecular formula is C25H35NO7S. The summed E-state index contributed by atoms with van der Waals surface area (Å²) in [5, 5.41) is 0. The topological polar surface area (TPSA) is 99.2 Å². The molecule has 3 atom stereocenters. The van der Waals surface area contributed by atoms with Gasteiger partial charge in [0.15, 0.2) is 6.61 Å². The van der Waals surface area contributed by atoms with Crippen LogP contribution in [0.15, 0.2) is 35.2 Å². The molecule has 188 valence electrons. The van der Waals surface area contributed by atoms with Crippen LogP contribution in [0.25, 0.3) is 6.08 Å². The summed E-state index contributed by atoms with van der Waals surface area (Å²) in [6.07, 6.45) is 5.58. The van der Waals surface area contributed by atoms with Crippen LogP contribution in [0.1, 0.15) is 45.6 Å². The zero-order valence-electron chi connectivity index (χ0n) is 20.1. The van der Waals surface area contributed by atoms with Gasteiger partial charge in [-0.05, 0) is 54.4 Å². The van der Waals surface area contributed by atoms with Gasteiger partial charge in [-0.25, -0.2) is 18.0 Å². The Balaban J connectivity index is 1.48. The first-order valence-electron chi connectivity index (χ1n) is 11.9. The molecule has 9 heteroatoms. The summed E-state index contributed by atoms with van der Waals surface area (Å²) < 4.78 is 42.6. The Morgan fingerprint density at radius 3 is 2.47 bits per heavy atom. The van der Waals surface area contributed by atoms with Crippen LogP contribution in [0.2, 0.25) is 0 Å². The van der Waals surface area contributed by atoms with Crippen LogP contribution in [-0.2, 0) is 33.8 Å². The van der Waals surface area contributed by atoms with E-state index in [-0.39, 0.29) is 11.0 Å². The number of esters is 2. The van der Waals surface area contributed by atoms with Crippen molar-refractivity contribution in [2.75, 3.05) is 32.9 Å². The SMILES string of the molecule is CC1CCC(C(C)C)C(OC(=O)COC(=O)/C=C/c2ccc(S(=O)(=O)N3CCOCC3)cc2)C1. The summed E-state index contributed by atoms with van der Waals surface area (Å²) in [5.74, 6) is 0.0499. The molecule has 34 heavy (non-hydrogen) atoms. The summed E-state index contributed by atoms with van der Waals surface area (Å²) in [7, 11) is -3.57. The molecule has 1 aliphatic carbocycles. The van der Waals surface area contributed by atoms with Crippen LogP contribution < -0.4 is 0 Å². The summed E-state index contributed by atoms with van der Waals surface area (Å²) in [4.78, 5) is 24.5. The van der Waals surface area contributed by atoms with E-state index in [4.69, 9.17) is 14.2 Å². The lowest BCUT2D eigenvalue weighted by Crippen LogP contribution is -2.40. The fraction of sp³-hybridized carbons (Fsp3) is 0.600. The lowest BCUT2D eigenvalue weighted by atomic mass is 9.75. The Bertz CT molecular complexity index is 965. The Kier molecular flexibility index (Phi) is 9.27. The quantitative estimate of drug-likeness (QED) is 0.405. The van der Waals surface area contributed by atoms with Gasteiger partial charge in [-0.2, -0.15) is 4.31 Å². The molecule has 8 nitrogen and oxygen atoms in total. The van der Waals surface area contributed by atoms with E-state index >= 15 is 0 Å². The number of sulfonamides is 1. The van der Waals surface area contributed by atoms with Gasteiger partial charge in [0.2, 0.25) is 10.0 Å². The highest BCUT2D eigenvalue weighted by atomic mass is 32.2. The monoisotopic (exact) mass is 493 g/mol. The van der Waals surface area contributed by atoms with Gasteiger partial charge in [0.25, 0.3) is 0 Å². The van der Waals surface area contributed by atoms with Crippen molar-refractivity contribution in [3.8, 4) is 0 Å². The van der Waals surface area contributed by atoms with Gasteiger partial charge < -0.3 is 14.2 Å². The largest absolute Gasteiger partial charge is 0.460 e. The van der Waals surface area contributed by atoms with E-state index in [1.165, 1.54) is 28.6 Å². The van der Waals surface area contributed by atoms with Crippen LogP contribution in [0.4, 0.5) is 0 Å². The van der Waals surface area contributed by atoms with Crippen LogP contribution in [0.5, 0.6) is 0 Å². The van der Waals surface area contributed by atoms with E-state index in [0.717, 1.165) is 19.3 Å². The number of morpholine rings is 1. The first kappa shape index (κ1) is 26.4. The molecule has 1 heterocycles. The van der Waals surface area contributed by atoms with Crippen molar-refractivity contribution < 1.29 is 32.2 Å². The molecule has 0 N–H and O–H groups in total. The maximum absolute atomic E-state index is 12.7. The second-order valence-corrected chi connectivity index (χ2v) is 11.3. The minimum absolute atomic E-state index is 0.141. The molecule has 0 spiro atoms. The number of ether oxygens (including phenoxy) is 3. The molecule has 1 aliphatic heterocycles. The van der Waals surface area contributed by atoms with Crippen LogP contribution in [0, 0.1) is 17.8 Å². The number of benzene rings is 1. The van der Waals surface area contributed by atoms with E-state index in [0.29, 0.717) is 49.6 Å². The Morgan fingerprint density at radius 1 is 1.15 bits per heavy atom. The van der Waals surface area contributed by atoms with E-state index < -0.39 is 28.6 Å². The average Bonchev–Trinajstić information content (AvgIpc) is 2.82. The number of carbonyl (C=O) groups excluding carboxylic acids is 2. The zero-order valence-corrected chi connectivity index (χ0v) is 21.0. The first-order chi connectivity index (χ1) is 16.2. The van der Waals surface area contributed by atoms with Crippen LogP contribution in [-0.4, -0.2) is 63.7 Å². The van der Waals surface area contributed by atoms with Crippen molar-refractivity contribution in [3.05, 3.63) is 35.9 Å². The summed E-state index contributed by atoms with van der Waals surface area (Å²) in [6, 6.07) is 6.23. The lowest BCUT2D eigenvalue weighted by Gasteiger charge is -2.36. The van der Waals surface area contributed by atoms with Gasteiger partial charge >= 0.3 is 11.9 Å². The number of hydrogen-bond donors (Lipinski definition) is 0. The van der Waals surface area contributed by atoms with Gasteiger partial charge in [-0.3, -0.25) is 0 Å². The minimum atomic E-state index is -3.57. The van der Waals surface area contributed by atoms with Crippen molar-refractivity contribution in [1.82, 2.24) is 4.31 Å². The molecule has 0 bridgehead atoms. The van der Waals surface area contributed by atoms with E-state index in [1.807, 2.05) is 0 Å². The molecule has 3 rings (SSSR count). The minimum Gasteiger partial charge on any atom is -0.460 e. The second-order valence-electron chi connectivity index (χ2n) is 9.38.